The Kier molecular flexibility index (Phi) is 4.37. The Labute approximate surface area is 161 Å². The number of nitrogens with two attached hydrogens (primary N) is 1. The zero-order valence-corrected chi connectivity index (χ0v) is 15.2. The van der Waals surface area contributed by atoms with Crippen LogP contribution in [0.2, 0.25) is 0 Å². The minimum atomic E-state index is -0.310. The van der Waals surface area contributed by atoms with Crippen molar-refractivity contribution in [2.45, 2.75) is 6.92 Å². The van der Waals surface area contributed by atoms with Gasteiger partial charge in [-0.1, -0.05) is 30.3 Å². The van der Waals surface area contributed by atoms with Crippen LogP contribution in [0.3, 0.4) is 0 Å². The summed E-state index contributed by atoms with van der Waals surface area (Å²) in [7, 11) is 0. The highest BCUT2D eigenvalue weighted by atomic mass is 16.3. The molecule has 0 atom stereocenters. The number of aliphatic imine (C=N–C) groups is 1. The van der Waals surface area contributed by atoms with Gasteiger partial charge in [-0.2, -0.15) is 0 Å². The van der Waals surface area contributed by atoms with Crippen molar-refractivity contribution in [3.63, 3.8) is 0 Å². The minimum Gasteiger partial charge on any atom is -0.494 e. The van der Waals surface area contributed by atoms with Gasteiger partial charge >= 0.3 is 0 Å². The Hall–Kier alpha value is -3.93. The SMILES string of the molecule is CC(=O)n1c(O)c(C(=Nc2ccncc2)c2ccccc2)c2ccc(N)cc21. The number of pyridine rings is 1. The van der Waals surface area contributed by atoms with Crippen molar-refractivity contribution in [1.29, 1.82) is 0 Å². The highest BCUT2D eigenvalue weighted by Gasteiger charge is 2.24. The number of nitrogen functional groups attached to an aromatic ring is 1. The van der Waals surface area contributed by atoms with Crippen LogP contribution in [0.4, 0.5) is 11.4 Å². The Morgan fingerprint density at radius 3 is 2.46 bits per heavy atom. The zero-order valence-electron chi connectivity index (χ0n) is 15.2. The maximum Gasteiger partial charge on any atom is 0.230 e. The summed E-state index contributed by atoms with van der Waals surface area (Å²) in [6.45, 7) is 1.40. The summed E-state index contributed by atoms with van der Waals surface area (Å²) in [5.74, 6) is -0.472. The molecule has 0 fully saturated rings. The van der Waals surface area contributed by atoms with E-state index in [2.05, 4.69) is 4.98 Å². The van der Waals surface area contributed by atoms with Gasteiger partial charge in [0.1, 0.15) is 0 Å². The zero-order chi connectivity index (χ0) is 19.7. The highest BCUT2D eigenvalue weighted by molar-refractivity contribution is 6.23. The van der Waals surface area contributed by atoms with E-state index in [0.717, 1.165) is 5.56 Å². The number of nitrogens with zero attached hydrogens (tertiary/aromatic N) is 3. The monoisotopic (exact) mass is 370 g/mol. The van der Waals surface area contributed by atoms with Crippen LogP contribution in [0, 0.1) is 0 Å². The second kappa shape index (κ2) is 7.00. The number of rotatable bonds is 3. The van der Waals surface area contributed by atoms with Gasteiger partial charge < -0.3 is 10.8 Å². The van der Waals surface area contributed by atoms with E-state index in [4.69, 9.17) is 10.7 Å². The van der Waals surface area contributed by atoms with Gasteiger partial charge in [0.25, 0.3) is 0 Å². The lowest BCUT2D eigenvalue weighted by Crippen LogP contribution is -2.06. The van der Waals surface area contributed by atoms with Crippen LogP contribution in [0.15, 0.2) is 78.0 Å². The first-order valence-electron chi connectivity index (χ1n) is 8.74. The van der Waals surface area contributed by atoms with Gasteiger partial charge in [0.05, 0.1) is 22.5 Å². The molecular weight excluding hydrogens is 352 g/mol. The Morgan fingerprint density at radius 2 is 1.79 bits per heavy atom. The molecule has 0 radical (unpaired) electrons. The Morgan fingerprint density at radius 1 is 1.07 bits per heavy atom. The normalized spacial score (nSPS) is 11.7. The molecule has 3 N–H and O–H groups in total. The molecular formula is C22H18N4O2. The first-order valence-corrected chi connectivity index (χ1v) is 8.74. The summed E-state index contributed by atoms with van der Waals surface area (Å²) in [4.78, 5) is 21.0. The molecule has 0 bridgehead atoms. The van der Waals surface area contributed by atoms with E-state index in [1.165, 1.54) is 11.5 Å². The van der Waals surface area contributed by atoms with Crippen molar-refractivity contribution in [2.75, 3.05) is 5.73 Å². The molecule has 2 aromatic carbocycles. The van der Waals surface area contributed by atoms with Gasteiger partial charge in [-0.05, 0) is 30.3 Å². The van der Waals surface area contributed by atoms with Crippen molar-refractivity contribution in [1.82, 2.24) is 9.55 Å². The molecule has 0 spiro atoms. The maximum atomic E-state index is 12.2. The van der Waals surface area contributed by atoms with Crippen LogP contribution in [0.1, 0.15) is 22.8 Å². The lowest BCUT2D eigenvalue weighted by molar-refractivity contribution is 0.0933. The Bertz CT molecular complexity index is 1200. The number of hydrogen-bond donors (Lipinski definition) is 2. The van der Waals surface area contributed by atoms with E-state index in [1.807, 2.05) is 30.3 Å². The first-order chi connectivity index (χ1) is 13.6. The van der Waals surface area contributed by atoms with Crippen LogP contribution < -0.4 is 5.73 Å². The molecule has 28 heavy (non-hydrogen) atoms. The lowest BCUT2D eigenvalue weighted by Gasteiger charge is -2.08. The number of aromatic nitrogens is 2. The van der Waals surface area contributed by atoms with Gasteiger partial charge in [-0.3, -0.25) is 14.3 Å². The number of carbonyl (C=O) groups is 1. The van der Waals surface area contributed by atoms with Crippen molar-refractivity contribution in [3.05, 3.63) is 84.2 Å². The summed E-state index contributed by atoms with van der Waals surface area (Å²) >= 11 is 0. The molecule has 6 nitrogen and oxygen atoms in total. The molecule has 0 aliphatic carbocycles. The highest BCUT2D eigenvalue weighted by Crippen LogP contribution is 2.35. The third-order valence-corrected chi connectivity index (χ3v) is 4.47. The van der Waals surface area contributed by atoms with E-state index in [1.54, 1.807) is 42.7 Å². The van der Waals surface area contributed by atoms with Gasteiger partial charge in [-0.15, -0.1) is 0 Å². The standard InChI is InChI=1S/C22H18N4O2/c1-14(27)26-19-13-16(23)7-8-18(19)20(22(26)28)21(15-5-3-2-4-6-15)25-17-9-11-24-12-10-17/h2-13,28H,23H2,1H3. The molecule has 4 aromatic rings. The van der Waals surface area contributed by atoms with E-state index >= 15 is 0 Å². The van der Waals surface area contributed by atoms with E-state index in [0.29, 0.717) is 33.6 Å². The number of hydrogen-bond acceptors (Lipinski definition) is 5. The van der Waals surface area contributed by atoms with E-state index in [9.17, 15) is 9.90 Å². The number of fused-ring (bicyclic) bond motifs is 1. The van der Waals surface area contributed by atoms with Crippen LogP contribution in [0.5, 0.6) is 5.88 Å². The van der Waals surface area contributed by atoms with Crippen molar-refractivity contribution < 1.29 is 9.90 Å². The smallest absolute Gasteiger partial charge is 0.230 e. The van der Waals surface area contributed by atoms with Gasteiger partial charge in [0.15, 0.2) is 0 Å². The number of anilines is 1. The fourth-order valence-electron chi connectivity index (χ4n) is 3.25. The second-order valence-electron chi connectivity index (χ2n) is 6.36. The van der Waals surface area contributed by atoms with Gasteiger partial charge in [-0.25, -0.2) is 4.99 Å². The number of aromatic hydroxyl groups is 1. The maximum absolute atomic E-state index is 12.2. The van der Waals surface area contributed by atoms with Crippen LogP contribution in [0.25, 0.3) is 10.9 Å². The molecule has 0 saturated carbocycles. The molecule has 4 rings (SSSR count). The fraction of sp³-hybridized carbons (Fsp3) is 0.0455. The summed E-state index contributed by atoms with van der Waals surface area (Å²) in [6.07, 6.45) is 3.31. The average Bonchev–Trinajstić information content (AvgIpc) is 2.98. The fourth-order valence-corrected chi connectivity index (χ4v) is 3.25. The summed E-state index contributed by atoms with van der Waals surface area (Å²) in [6, 6.07) is 18.3. The topological polar surface area (TPSA) is 93.5 Å². The molecule has 138 valence electrons. The van der Waals surface area contributed by atoms with Gasteiger partial charge in [0, 0.05) is 36.0 Å². The number of benzene rings is 2. The van der Waals surface area contributed by atoms with E-state index < -0.39 is 0 Å². The molecule has 0 aliphatic rings. The van der Waals surface area contributed by atoms with Crippen LogP contribution in [-0.2, 0) is 0 Å². The molecule has 0 unspecified atom stereocenters. The quantitative estimate of drug-likeness (QED) is 0.418. The molecule has 2 aromatic heterocycles. The summed E-state index contributed by atoms with van der Waals surface area (Å²) < 4.78 is 1.26. The van der Waals surface area contributed by atoms with Crippen molar-refractivity contribution >= 4 is 33.9 Å². The van der Waals surface area contributed by atoms with Crippen LogP contribution >= 0.6 is 0 Å². The van der Waals surface area contributed by atoms with Crippen molar-refractivity contribution in [2.24, 2.45) is 4.99 Å². The lowest BCUT2D eigenvalue weighted by atomic mass is 10.0. The Balaban J connectivity index is 2.08. The molecule has 2 heterocycles. The number of carbonyl (C=O) groups excluding carboxylic acids is 1. The van der Waals surface area contributed by atoms with Crippen LogP contribution in [-0.4, -0.2) is 26.3 Å². The third kappa shape index (κ3) is 3.01. The summed E-state index contributed by atoms with van der Waals surface area (Å²) in [5, 5.41) is 11.7. The largest absolute Gasteiger partial charge is 0.494 e. The van der Waals surface area contributed by atoms with Gasteiger partial charge in [0.2, 0.25) is 11.8 Å². The molecule has 0 saturated heterocycles. The summed E-state index contributed by atoms with van der Waals surface area (Å²) in [5.41, 5.74) is 9.50. The molecule has 0 amide bonds. The first kappa shape index (κ1) is 17.5. The average molecular weight is 370 g/mol. The predicted octanol–water partition coefficient (Wildman–Crippen LogP) is 4.15. The van der Waals surface area contributed by atoms with Crippen molar-refractivity contribution in [3.8, 4) is 5.88 Å². The molecule has 6 heteroatoms. The minimum absolute atomic E-state index is 0.162. The second-order valence-corrected chi connectivity index (χ2v) is 6.36. The third-order valence-electron chi connectivity index (χ3n) is 4.47. The molecule has 0 aliphatic heterocycles. The predicted molar refractivity (Wildman–Crippen MR) is 110 cm³/mol. The van der Waals surface area contributed by atoms with E-state index in [-0.39, 0.29) is 11.8 Å².